The van der Waals surface area contributed by atoms with Crippen molar-refractivity contribution in [2.24, 2.45) is 0 Å². The lowest BCUT2D eigenvalue weighted by atomic mass is 10.1. The van der Waals surface area contributed by atoms with Gasteiger partial charge in [0.15, 0.2) is 5.12 Å². The molecule has 0 fully saturated rings. The molecule has 0 amide bonds. The molecule has 0 aliphatic heterocycles. The summed E-state index contributed by atoms with van der Waals surface area (Å²) in [5.74, 6) is 0.721. The molecule has 0 aromatic heterocycles. The number of thioether (sulfide) groups is 1. The second-order valence-electron chi connectivity index (χ2n) is 3.32. The highest BCUT2D eigenvalue weighted by molar-refractivity contribution is 8.13. The van der Waals surface area contributed by atoms with Crippen molar-refractivity contribution in [2.45, 2.75) is 13.8 Å². The summed E-state index contributed by atoms with van der Waals surface area (Å²) in [5.41, 5.74) is 8.72. The van der Waals surface area contributed by atoms with Gasteiger partial charge in [-0.05, 0) is 24.1 Å². The normalized spacial score (nSPS) is 10.8. The first-order chi connectivity index (χ1) is 7.09. The van der Waals surface area contributed by atoms with Crippen LogP contribution in [-0.2, 0) is 4.79 Å². The van der Waals surface area contributed by atoms with Crippen LogP contribution in [0.3, 0.4) is 0 Å². The van der Waals surface area contributed by atoms with Crippen molar-refractivity contribution in [1.29, 1.82) is 0 Å². The SMILES string of the molecule is CC(=O)SCC=Cc1ccc(N)c(C)c1. The van der Waals surface area contributed by atoms with Crippen LogP contribution in [-0.4, -0.2) is 10.9 Å². The minimum atomic E-state index is 0.146. The smallest absolute Gasteiger partial charge is 0.186 e. The zero-order valence-electron chi connectivity index (χ0n) is 8.99. The maximum atomic E-state index is 10.7. The molecule has 0 aliphatic carbocycles. The van der Waals surface area contributed by atoms with Gasteiger partial charge in [-0.2, -0.15) is 0 Å². The average molecular weight is 221 g/mol. The van der Waals surface area contributed by atoms with E-state index in [2.05, 4.69) is 0 Å². The van der Waals surface area contributed by atoms with Crippen LogP contribution < -0.4 is 5.73 Å². The molecule has 0 spiro atoms. The van der Waals surface area contributed by atoms with Crippen molar-refractivity contribution in [3.63, 3.8) is 0 Å². The molecule has 0 bridgehead atoms. The molecule has 0 unspecified atom stereocenters. The van der Waals surface area contributed by atoms with E-state index >= 15 is 0 Å². The Morgan fingerprint density at radius 3 is 2.87 bits per heavy atom. The molecule has 0 saturated heterocycles. The van der Waals surface area contributed by atoms with Crippen LogP contribution in [0.5, 0.6) is 0 Å². The van der Waals surface area contributed by atoms with Crippen LogP contribution in [0.15, 0.2) is 24.3 Å². The van der Waals surface area contributed by atoms with E-state index in [0.717, 1.165) is 22.6 Å². The van der Waals surface area contributed by atoms with E-state index in [-0.39, 0.29) is 5.12 Å². The zero-order chi connectivity index (χ0) is 11.3. The fourth-order valence-corrected chi connectivity index (χ4v) is 1.58. The summed E-state index contributed by atoms with van der Waals surface area (Å²) in [7, 11) is 0. The molecule has 1 aromatic carbocycles. The summed E-state index contributed by atoms with van der Waals surface area (Å²) >= 11 is 1.31. The Hall–Kier alpha value is -1.22. The zero-order valence-corrected chi connectivity index (χ0v) is 9.80. The maximum absolute atomic E-state index is 10.7. The number of anilines is 1. The van der Waals surface area contributed by atoms with Gasteiger partial charge in [-0.3, -0.25) is 4.79 Å². The van der Waals surface area contributed by atoms with Gasteiger partial charge in [0.05, 0.1) is 0 Å². The number of aryl methyl sites for hydroxylation is 1. The molecule has 0 radical (unpaired) electrons. The molecular formula is C12H15NOS. The quantitative estimate of drug-likeness (QED) is 0.798. The number of benzene rings is 1. The minimum Gasteiger partial charge on any atom is -0.399 e. The van der Waals surface area contributed by atoms with Gasteiger partial charge in [-0.25, -0.2) is 0 Å². The number of rotatable bonds is 3. The highest BCUT2D eigenvalue weighted by atomic mass is 32.2. The van der Waals surface area contributed by atoms with E-state index in [1.165, 1.54) is 11.8 Å². The molecule has 0 heterocycles. The predicted octanol–water partition coefficient (Wildman–Crippen LogP) is 2.87. The predicted molar refractivity (Wildman–Crippen MR) is 67.8 cm³/mol. The molecule has 2 N–H and O–H groups in total. The fourth-order valence-electron chi connectivity index (χ4n) is 1.15. The van der Waals surface area contributed by atoms with E-state index in [9.17, 15) is 4.79 Å². The summed E-state index contributed by atoms with van der Waals surface area (Å²) in [6.45, 7) is 3.56. The molecule has 80 valence electrons. The fraction of sp³-hybridized carbons (Fsp3) is 0.250. The van der Waals surface area contributed by atoms with E-state index in [0.29, 0.717) is 0 Å². The molecule has 0 aliphatic rings. The molecule has 3 heteroatoms. The standard InChI is InChI=1S/C12H15NOS/c1-9-8-11(5-6-12(9)13)4-3-7-15-10(2)14/h3-6,8H,7,13H2,1-2H3. The number of nitrogens with two attached hydrogens (primary N) is 1. The molecule has 1 aromatic rings. The molecular weight excluding hydrogens is 206 g/mol. The van der Waals surface area contributed by atoms with Crippen LogP contribution in [0.2, 0.25) is 0 Å². The summed E-state index contributed by atoms with van der Waals surface area (Å²) in [6.07, 6.45) is 3.99. The average Bonchev–Trinajstić information content (AvgIpc) is 2.18. The number of carbonyl (C=O) groups is 1. The van der Waals surface area contributed by atoms with E-state index < -0.39 is 0 Å². The van der Waals surface area contributed by atoms with Crippen LogP contribution in [0, 0.1) is 6.92 Å². The van der Waals surface area contributed by atoms with Gasteiger partial charge in [0, 0.05) is 18.4 Å². The minimum absolute atomic E-state index is 0.146. The number of carbonyl (C=O) groups excluding carboxylic acids is 1. The first-order valence-electron chi connectivity index (χ1n) is 4.75. The Morgan fingerprint density at radius 1 is 1.53 bits per heavy atom. The van der Waals surface area contributed by atoms with Crippen LogP contribution in [0.25, 0.3) is 6.08 Å². The van der Waals surface area contributed by atoms with Crippen LogP contribution in [0.4, 0.5) is 5.69 Å². The van der Waals surface area contributed by atoms with Crippen molar-refractivity contribution in [3.05, 3.63) is 35.4 Å². The van der Waals surface area contributed by atoms with Crippen LogP contribution in [0.1, 0.15) is 18.1 Å². The number of hydrogen-bond acceptors (Lipinski definition) is 3. The Labute approximate surface area is 94.6 Å². The molecule has 15 heavy (non-hydrogen) atoms. The van der Waals surface area contributed by atoms with Gasteiger partial charge in [0.1, 0.15) is 0 Å². The van der Waals surface area contributed by atoms with Crippen molar-refractivity contribution < 1.29 is 4.79 Å². The first kappa shape index (κ1) is 11.9. The third-order valence-corrected chi connectivity index (χ3v) is 2.75. The van der Waals surface area contributed by atoms with Gasteiger partial charge in [-0.1, -0.05) is 36.0 Å². The Morgan fingerprint density at radius 2 is 2.27 bits per heavy atom. The lowest BCUT2D eigenvalue weighted by Crippen LogP contribution is -1.89. The van der Waals surface area contributed by atoms with Crippen molar-refractivity contribution in [3.8, 4) is 0 Å². The van der Waals surface area contributed by atoms with Gasteiger partial charge in [-0.15, -0.1) is 0 Å². The molecule has 1 rings (SSSR count). The highest BCUT2D eigenvalue weighted by Gasteiger charge is 1.93. The van der Waals surface area contributed by atoms with Crippen molar-refractivity contribution in [1.82, 2.24) is 0 Å². The summed E-state index contributed by atoms with van der Waals surface area (Å²) in [4.78, 5) is 10.7. The summed E-state index contributed by atoms with van der Waals surface area (Å²) in [6, 6.07) is 5.90. The lowest BCUT2D eigenvalue weighted by molar-refractivity contribution is -0.109. The van der Waals surface area contributed by atoms with Crippen LogP contribution >= 0.6 is 11.8 Å². The first-order valence-corrected chi connectivity index (χ1v) is 5.74. The second kappa shape index (κ2) is 5.61. The van der Waals surface area contributed by atoms with E-state index in [1.807, 2.05) is 37.3 Å². The summed E-state index contributed by atoms with van der Waals surface area (Å²) < 4.78 is 0. The van der Waals surface area contributed by atoms with Crippen molar-refractivity contribution in [2.75, 3.05) is 11.5 Å². The Kier molecular flexibility index (Phi) is 4.43. The monoisotopic (exact) mass is 221 g/mol. The van der Waals surface area contributed by atoms with Crippen molar-refractivity contribution >= 4 is 28.6 Å². The summed E-state index contributed by atoms with van der Waals surface area (Å²) in [5, 5.41) is 0.146. The van der Waals surface area contributed by atoms with E-state index in [4.69, 9.17) is 5.73 Å². The van der Waals surface area contributed by atoms with Gasteiger partial charge in [0.25, 0.3) is 0 Å². The van der Waals surface area contributed by atoms with Gasteiger partial charge >= 0.3 is 0 Å². The third-order valence-electron chi connectivity index (χ3n) is 1.99. The Balaban J connectivity index is 2.57. The number of hydrogen-bond donors (Lipinski definition) is 1. The number of nitrogen functional groups attached to an aromatic ring is 1. The maximum Gasteiger partial charge on any atom is 0.186 e. The highest BCUT2D eigenvalue weighted by Crippen LogP contribution is 2.14. The topological polar surface area (TPSA) is 43.1 Å². The molecule has 0 saturated carbocycles. The largest absolute Gasteiger partial charge is 0.399 e. The third kappa shape index (κ3) is 4.21. The second-order valence-corrected chi connectivity index (χ2v) is 4.52. The Bertz CT molecular complexity index is 385. The molecule has 0 atom stereocenters. The van der Waals surface area contributed by atoms with Gasteiger partial charge in [0.2, 0.25) is 0 Å². The van der Waals surface area contributed by atoms with Gasteiger partial charge < -0.3 is 5.73 Å². The molecule has 2 nitrogen and oxygen atoms in total. The lowest BCUT2D eigenvalue weighted by Gasteiger charge is -2.00. The van der Waals surface area contributed by atoms with E-state index in [1.54, 1.807) is 6.92 Å².